The van der Waals surface area contributed by atoms with Gasteiger partial charge in [-0.15, -0.1) is 0 Å². The van der Waals surface area contributed by atoms with E-state index in [1.165, 1.54) is 60.5 Å². The number of aliphatic carboxylic acids is 1. The molecule has 0 spiro atoms. The van der Waals surface area contributed by atoms with Gasteiger partial charge in [-0.3, -0.25) is 48.5 Å². The van der Waals surface area contributed by atoms with Crippen LogP contribution in [0.5, 0.6) is 0 Å². The number of ketones is 2. The summed E-state index contributed by atoms with van der Waals surface area (Å²) in [5, 5.41) is 20.2. The number of carbonyl (C=O) groups excluding carboxylic acids is 3. The van der Waals surface area contributed by atoms with Gasteiger partial charge in [0.25, 0.3) is 16.7 Å². The molecule has 0 aliphatic heterocycles. The summed E-state index contributed by atoms with van der Waals surface area (Å²) in [7, 11) is 6.07. The quantitative estimate of drug-likeness (QED) is 0.0864. The van der Waals surface area contributed by atoms with Gasteiger partial charge >= 0.3 is 23.0 Å². The Balaban J connectivity index is 0.000000499. The third kappa shape index (κ3) is 22.7. The molecule has 65 heavy (non-hydrogen) atoms. The number of aliphatic hydroxyl groups excluding tert-OH is 1. The van der Waals surface area contributed by atoms with E-state index in [1.807, 2.05) is 20.8 Å². The lowest BCUT2D eigenvalue weighted by atomic mass is 10.2. The summed E-state index contributed by atoms with van der Waals surface area (Å²) in [6.45, 7) is 5.39. The van der Waals surface area contributed by atoms with Crippen molar-refractivity contribution < 1.29 is 38.9 Å². The summed E-state index contributed by atoms with van der Waals surface area (Å²) in [6, 6.07) is 0. The summed E-state index contributed by atoms with van der Waals surface area (Å²) in [5.41, 5.74) is -2.47. The monoisotopic (exact) mass is 907 g/mol. The van der Waals surface area contributed by atoms with Crippen LogP contribution in [0.25, 0.3) is 0 Å². The van der Waals surface area contributed by atoms with Gasteiger partial charge in [0, 0.05) is 85.3 Å². The van der Waals surface area contributed by atoms with Gasteiger partial charge in [-0.2, -0.15) is 0 Å². The highest BCUT2D eigenvalue weighted by Gasteiger charge is 2.12. The van der Waals surface area contributed by atoms with Crippen LogP contribution in [-0.4, -0.2) is 101 Å². The molecule has 0 saturated carbocycles. The molecular formula is C44H57N7O14. The minimum absolute atomic E-state index is 0.0646. The summed E-state index contributed by atoms with van der Waals surface area (Å²) in [4.78, 5) is 119. The molecule has 0 unspecified atom stereocenters. The molecule has 21 heteroatoms. The predicted molar refractivity (Wildman–Crippen MR) is 238 cm³/mol. The van der Waals surface area contributed by atoms with Gasteiger partial charge in [0.15, 0.2) is 11.6 Å². The first kappa shape index (κ1) is 55.9. The fourth-order valence-corrected chi connectivity index (χ4v) is 4.72. The van der Waals surface area contributed by atoms with E-state index in [-0.39, 0.29) is 85.3 Å². The van der Waals surface area contributed by atoms with Crippen LogP contribution in [0, 0.1) is 35.5 Å². The first-order chi connectivity index (χ1) is 30.7. The number of aryl methyl sites for hydroxylation is 3. The second kappa shape index (κ2) is 30.1. The van der Waals surface area contributed by atoms with Gasteiger partial charge in [0.1, 0.15) is 29.9 Å². The Hall–Kier alpha value is -7.12. The zero-order valence-corrected chi connectivity index (χ0v) is 37.6. The molecule has 0 saturated heterocycles. The first-order valence-corrected chi connectivity index (χ1v) is 20.5. The molecule has 0 radical (unpaired) electrons. The highest BCUT2D eigenvalue weighted by atomic mass is 16.5. The molecular weight excluding hydrogens is 851 g/mol. The lowest BCUT2D eigenvalue weighted by molar-refractivity contribution is -0.139. The fraction of sp³-hybridized carbons (Fsp3) is 0.500. The Labute approximate surface area is 373 Å². The van der Waals surface area contributed by atoms with E-state index >= 15 is 0 Å². The van der Waals surface area contributed by atoms with E-state index in [2.05, 4.69) is 55.8 Å². The fourth-order valence-electron chi connectivity index (χ4n) is 4.72. The standard InChI is InChI=1S/C17H23N3O5.C16H20N2O6.C11H14N2O3/c1-4-14(25-11-13(21)8-9-15(22)18-2)7-5-6-12-10-20(3)17(24)19-16(12)23;1-3-13(24-10-12(19)7-8-14(20)21)6-4-5-11-9-18(2)16(23)17-15(11)22;1-3-9(14)6-4-5-8-7-13(2)11(16)12-10(8)15/h10,14H,4,7-9,11H2,1-3H3,(H,18,22)(H,19,23,24);9,13H,3,6-8,10H2,1-2H3,(H,20,21)(H,17,22,23);7,9,14H,3,6H2,1-2H3,(H,12,15,16)/t14-;13-;9-/m111/s1. The van der Waals surface area contributed by atoms with E-state index in [4.69, 9.17) is 14.6 Å². The molecule has 6 N–H and O–H groups in total. The third-order valence-corrected chi connectivity index (χ3v) is 8.86. The van der Waals surface area contributed by atoms with Gasteiger partial charge in [-0.05, 0) is 19.3 Å². The van der Waals surface area contributed by atoms with E-state index < -0.39 is 45.8 Å². The maximum absolute atomic E-state index is 11.7. The van der Waals surface area contributed by atoms with Crippen molar-refractivity contribution in [1.82, 2.24) is 34.0 Å². The van der Waals surface area contributed by atoms with Crippen molar-refractivity contribution in [3.05, 3.63) is 97.8 Å². The normalized spacial score (nSPS) is 11.4. The van der Waals surface area contributed by atoms with Gasteiger partial charge in [-0.25, -0.2) is 14.4 Å². The number of hydrogen-bond donors (Lipinski definition) is 6. The second-order valence-electron chi connectivity index (χ2n) is 14.1. The number of ether oxygens (including phenoxy) is 2. The van der Waals surface area contributed by atoms with Gasteiger partial charge < -0.3 is 38.7 Å². The first-order valence-electron chi connectivity index (χ1n) is 20.5. The molecule has 21 nitrogen and oxygen atoms in total. The minimum atomic E-state index is -1.02. The van der Waals surface area contributed by atoms with Gasteiger partial charge in [0.2, 0.25) is 5.91 Å². The number of aliphatic hydroxyl groups is 1. The van der Waals surface area contributed by atoms with Crippen molar-refractivity contribution >= 4 is 23.4 Å². The zero-order chi connectivity index (χ0) is 49.1. The van der Waals surface area contributed by atoms with Crippen LogP contribution in [0.2, 0.25) is 0 Å². The summed E-state index contributed by atoms with van der Waals surface area (Å²) < 4.78 is 14.6. The van der Waals surface area contributed by atoms with E-state index in [1.54, 1.807) is 0 Å². The molecule has 3 heterocycles. The van der Waals surface area contributed by atoms with Crippen LogP contribution in [0.1, 0.15) is 102 Å². The molecule has 0 aliphatic carbocycles. The molecule has 1 amide bonds. The molecule has 3 aromatic rings. The van der Waals surface area contributed by atoms with Crippen molar-refractivity contribution in [3.63, 3.8) is 0 Å². The maximum Gasteiger partial charge on any atom is 0.328 e. The summed E-state index contributed by atoms with van der Waals surface area (Å²) >= 11 is 0. The molecule has 352 valence electrons. The Morgan fingerprint density at radius 3 is 1.28 bits per heavy atom. The van der Waals surface area contributed by atoms with E-state index in [0.717, 1.165) is 0 Å². The van der Waals surface area contributed by atoms with Crippen LogP contribution in [-0.2, 0) is 49.8 Å². The molecule has 0 fully saturated rings. The number of Topliss-reactive ketones (excluding diaryl/α,β-unsaturated/α-hetero) is 2. The van der Waals surface area contributed by atoms with E-state index in [0.29, 0.717) is 38.5 Å². The Morgan fingerprint density at radius 1 is 0.600 bits per heavy atom. The predicted octanol–water partition coefficient (Wildman–Crippen LogP) is -0.664. The molecule has 0 aliphatic rings. The Kier molecular flexibility index (Phi) is 25.8. The van der Waals surface area contributed by atoms with Crippen molar-refractivity contribution in [2.45, 2.75) is 103 Å². The molecule has 3 atom stereocenters. The number of carboxylic acids is 1. The van der Waals surface area contributed by atoms with Gasteiger partial charge in [0.05, 0.1) is 24.7 Å². The average Bonchev–Trinajstić information content (AvgIpc) is 3.27. The smallest absolute Gasteiger partial charge is 0.328 e. The number of amides is 1. The van der Waals surface area contributed by atoms with Crippen LogP contribution >= 0.6 is 0 Å². The van der Waals surface area contributed by atoms with Crippen LogP contribution < -0.4 is 39.1 Å². The maximum atomic E-state index is 11.7. The molecule has 3 aromatic heterocycles. The Morgan fingerprint density at radius 2 is 0.954 bits per heavy atom. The number of carbonyl (C=O) groups is 4. The number of H-pyrrole nitrogens is 3. The minimum Gasteiger partial charge on any atom is -0.481 e. The summed E-state index contributed by atoms with van der Waals surface area (Å²) in [6.07, 6.45) is 5.96. The van der Waals surface area contributed by atoms with Crippen LogP contribution in [0.3, 0.4) is 0 Å². The SMILES string of the molecule is CC[C@@H](O)CC#Cc1cn(C)c(=O)[nH]c1=O.CC[C@H](CC#Cc1cn(C)c(=O)[nH]c1=O)OCC(=O)CCC(=O)NC.CC[C@H](CC#Cc1cn(C)c(=O)[nH]c1=O)OCC(=O)CCC(=O)O. The van der Waals surface area contributed by atoms with Crippen LogP contribution in [0.15, 0.2) is 47.4 Å². The Bertz CT molecular complexity index is 2650. The number of nitrogens with one attached hydrogen (secondary N) is 4. The van der Waals surface area contributed by atoms with Gasteiger partial charge in [-0.1, -0.05) is 56.3 Å². The number of hydrogen-bond acceptors (Lipinski definition) is 13. The van der Waals surface area contributed by atoms with E-state index in [9.17, 15) is 53.1 Å². The average molecular weight is 908 g/mol. The largest absolute Gasteiger partial charge is 0.481 e. The highest BCUT2D eigenvalue weighted by molar-refractivity contribution is 5.85. The topological polar surface area (TPSA) is 304 Å². The van der Waals surface area contributed by atoms with Crippen molar-refractivity contribution in [2.75, 3.05) is 20.3 Å². The lowest BCUT2D eigenvalue weighted by Gasteiger charge is -2.12. The second-order valence-corrected chi connectivity index (χ2v) is 14.1. The molecule has 3 rings (SSSR count). The number of aromatic nitrogens is 6. The highest BCUT2D eigenvalue weighted by Crippen LogP contribution is 2.06. The zero-order valence-electron chi connectivity index (χ0n) is 37.6. The number of carboxylic acid groups (broad SMARTS) is 1. The van der Waals surface area contributed by atoms with Crippen molar-refractivity contribution in [2.24, 2.45) is 21.1 Å². The lowest BCUT2D eigenvalue weighted by Crippen LogP contribution is -2.29. The van der Waals surface area contributed by atoms with Crippen LogP contribution in [0.4, 0.5) is 0 Å². The third-order valence-electron chi connectivity index (χ3n) is 8.86. The van der Waals surface area contributed by atoms with Crippen molar-refractivity contribution in [3.8, 4) is 35.5 Å². The molecule has 0 aromatic carbocycles. The van der Waals surface area contributed by atoms with Crippen molar-refractivity contribution in [1.29, 1.82) is 0 Å². The summed E-state index contributed by atoms with van der Waals surface area (Å²) in [5.74, 6) is 14.7. The molecule has 0 bridgehead atoms. The number of aromatic amines is 3. The number of nitrogens with zero attached hydrogens (tertiary/aromatic N) is 3. The number of rotatable bonds is 18.